The Balaban J connectivity index is 1.78. The summed E-state index contributed by atoms with van der Waals surface area (Å²) in [6.45, 7) is 0. The molecule has 7 heteroatoms. The number of nitrogens with one attached hydrogen (secondary N) is 1. The van der Waals surface area contributed by atoms with Gasteiger partial charge in [-0.1, -0.05) is 41.4 Å². The van der Waals surface area contributed by atoms with Crippen molar-refractivity contribution in [1.29, 1.82) is 0 Å². The molecule has 1 aliphatic rings. The van der Waals surface area contributed by atoms with E-state index in [1.54, 1.807) is 25.3 Å². The maximum absolute atomic E-state index is 10.7. The molecule has 0 aliphatic carbocycles. The normalized spacial score (nSPS) is 18.4. The number of phenolic OH excluding ortho intramolecular Hbond substituents is 1. The number of ether oxygens (including phenoxy) is 2. The fourth-order valence-corrected chi connectivity index (χ4v) is 4.24. The van der Waals surface area contributed by atoms with Crippen LogP contribution in [0.2, 0.25) is 10.0 Å². The van der Waals surface area contributed by atoms with Crippen molar-refractivity contribution >= 4 is 28.9 Å². The van der Waals surface area contributed by atoms with Crippen molar-refractivity contribution < 1.29 is 14.6 Å². The average molecular weight is 457 g/mol. The lowest BCUT2D eigenvalue weighted by Crippen LogP contribution is -2.33. The number of benzene rings is 3. The van der Waals surface area contributed by atoms with E-state index < -0.39 is 6.17 Å². The predicted molar refractivity (Wildman–Crippen MR) is 124 cm³/mol. The summed E-state index contributed by atoms with van der Waals surface area (Å²) in [5, 5.41) is 15.3. The molecule has 0 radical (unpaired) electrons. The van der Waals surface area contributed by atoms with Crippen molar-refractivity contribution in [1.82, 2.24) is 5.32 Å². The van der Waals surface area contributed by atoms with E-state index in [-0.39, 0.29) is 11.8 Å². The van der Waals surface area contributed by atoms with Crippen LogP contribution in [-0.2, 0) is 0 Å². The van der Waals surface area contributed by atoms with Gasteiger partial charge in [0, 0.05) is 39.3 Å². The van der Waals surface area contributed by atoms with Crippen LogP contribution in [0, 0.1) is 0 Å². The summed E-state index contributed by atoms with van der Waals surface area (Å²) >= 11 is 12.6. The van der Waals surface area contributed by atoms with Gasteiger partial charge in [-0.3, -0.25) is 10.3 Å². The number of aromatic hydroxyl groups is 1. The molecule has 1 aliphatic heterocycles. The first-order valence-electron chi connectivity index (χ1n) is 9.78. The molecule has 0 aromatic heterocycles. The summed E-state index contributed by atoms with van der Waals surface area (Å²) in [5.74, 6) is 1.31. The highest BCUT2D eigenvalue weighted by molar-refractivity contribution is 6.35. The fourth-order valence-electron chi connectivity index (χ4n) is 3.73. The minimum absolute atomic E-state index is 0.111. The Kier molecular flexibility index (Phi) is 6.37. The molecule has 0 saturated carbocycles. The first-order valence-corrected chi connectivity index (χ1v) is 10.5. The van der Waals surface area contributed by atoms with Gasteiger partial charge in [0.1, 0.15) is 11.9 Å². The van der Waals surface area contributed by atoms with E-state index in [2.05, 4.69) is 5.32 Å². The van der Waals surface area contributed by atoms with Crippen LogP contribution in [0.4, 0.5) is 0 Å². The first-order chi connectivity index (χ1) is 15.0. The molecular weight excluding hydrogens is 435 g/mol. The summed E-state index contributed by atoms with van der Waals surface area (Å²) in [4.78, 5) is 4.94. The van der Waals surface area contributed by atoms with Crippen molar-refractivity contribution in [3.63, 3.8) is 0 Å². The second-order valence-electron chi connectivity index (χ2n) is 7.19. The standard InChI is InChI=1S/C24H22Cl2N2O3/c1-30-16-9-6-14(7-10-16)20-13-21(18-4-3-5-22(31-2)23(18)29)28-24(27-20)17-11-8-15(25)12-19(17)26/h3-12,21,24,28-29H,13H2,1-2H3/t21-,24+/m0/s1. The molecule has 0 saturated heterocycles. The molecule has 160 valence electrons. The second kappa shape index (κ2) is 9.18. The fraction of sp³-hybridized carbons (Fsp3) is 0.208. The summed E-state index contributed by atoms with van der Waals surface area (Å²) < 4.78 is 10.6. The molecule has 2 atom stereocenters. The Hall–Kier alpha value is -2.73. The third-order valence-electron chi connectivity index (χ3n) is 5.35. The minimum Gasteiger partial charge on any atom is -0.504 e. The number of hydrogen-bond donors (Lipinski definition) is 2. The zero-order valence-electron chi connectivity index (χ0n) is 17.1. The molecule has 2 N–H and O–H groups in total. The molecule has 4 rings (SSSR count). The molecule has 1 heterocycles. The van der Waals surface area contributed by atoms with Crippen LogP contribution in [0.15, 0.2) is 65.7 Å². The lowest BCUT2D eigenvalue weighted by atomic mass is 9.93. The lowest BCUT2D eigenvalue weighted by Gasteiger charge is -2.31. The van der Waals surface area contributed by atoms with Gasteiger partial charge in [0.2, 0.25) is 0 Å². The number of nitrogens with zero attached hydrogens (tertiary/aromatic N) is 1. The Morgan fingerprint density at radius 1 is 0.968 bits per heavy atom. The van der Waals surface area contributed by atoms with Gasteiger partial charge in [-0.2, -0.15) is 0 Å². The number of hydrogen-bond acceptors (Lipinski definition) is 5. The highest BCUT2D eigenvalue weighted by Gasteiger charge is 2.29. The van der Waals surface area contributed by atoms with E-state index in [0.717, 1.165) is 28.2 Å². The minimum atomic E-state index is -0.411. The SMILES string of the molecule is COc1ccc(C2=N[C@@H](c3ccc(Cl)cc3Cl)N[C@H](c3cccc(OC)c3O)C2)cc1. The molecule has 0 unspecified atom stereocenters. The van der Waals surface area contributed by atoms with E-state index in [1.165, 1.54) is 7.11 Å². The molecule has 0 bridgehead atoms. The van der Waals surface area contributed by atoms with Crippen LogP contribution in [0.5, 0.6) is 17.2 Å². The Bertz CT molecular complexity index is 1120. The zero-order chi connectivity index (χ0) is 22.0. The molecular formula is C24H22Cl2N2O3. The summed E-state index contributed by atoms with van der Waals surface area (Å²) in [7, 11) is 3.17. The largest absolute Gasteiger partial charge is 0.504 e. The van der Waals surface area contributed by atoms with E-state index in [1.807, 2.05) is 42.5 Å². The maximum Gasteiger partial charge on any atom is 0.162 e. The van der Waals surface area contributed by atoms with Crippen LogP contribution in [0.3, 0.4) is 0 Å². The molecule has 3 aromatic rings. The smallest absolute Gasteiger partial charge is 0.162 e. The van der Waals surface area contributed by atoms with Gasteiger partial charge in [0.15, 0.2) is 11.5 Å². The van der Waals surface area contributed by atoms with E-state index in [0.29, 0.717) is 22.2 Å². The third-order valence-corrected chi connectivity index (χ3v) is 5.91. The number of para-hydroxylation sites is 1. The van der Waals surface area contributed by atoms with E-state index in [9.17, 15) is 5.11 Å². The van der Waals surface area contributed by atoms with Gasteiger partial charge >= 0.3 is 0 Å². The number of halogens is 2. The van der Waals surface area contributed by atoms with Crippen LogP contribution in [0.25, 0.3) is 0 Å². The highest BCUT2D eigenvalue weighted by Crippen LogP contribution is 2.40. The molecule has 0 spiro atoms. The third kappa shape index (κ3) is 4.49. The Morgan fingerprint density at radius 2 is 1.74 bits per heavy atom. The highest BCUT2D eigenvalue weighted by atomic mass is 35.5. The Labute approximate surface area is 191 Å². The lowest BCUT2D eigenvalue weighted by molar-refractivity contribution is 0.360. The second-order valence-corrected chi connectivity index (χ2v) is 8.04. The Morgan fingerprint density at radius 3 is 2.42 bits per heavy atom. The quantitative estimate of drug-likeness (QED) is 0.498. The average Bonchev–Trinajstić information content (AvgIpc) is 2.79. The first kappa shape index (κ1) is 21.5. The van der Waals surface area contributed by atoms with Gasteiger partial charge < -0.3 is 14.6 Å². The van der Waals surface area contributed by atoms with Gasteiger partial charge in [-0.25, -0.2) is 0 Å². The summed E-state index contributed by atoms with van der Waals surface area (Å²) in [6.07, 6.45) is 0.167. The van der Waals surface area contributed by atoms with Crippen molar-refractivity contribution in [3.05, 3.63) is 87.4 Å². The van der Waals surface area contributed by atoms with Crippen molar-refractivity contribution in [2.45, 2.75) is 18.6 Å². The molecule has 0 amide bonds. The van der Waals surface area contributed by atoms with Crippen molar-refractivity contribution in [2.24, 2.45) is 4.99 Å². The van der Waals surface area contributed by atoms with E-state index >= 15 is 0 Å². The number of rotatable bonds is 5. The van der Waals surface area contributed by atoms with Gasteiger partial charge in [-0.05, 0) is 48.0 Å². The van der Waals surface area contributed by atoms with Crippen molar-refractivity contribution in [3.8, 4) is 17.2 Å². The predicted octanol–water partition coefficient (Wildman–Crippen LogP) is 5.94. The van der Waals surface area contributed by atoms with Crippen LogP contribution in [0.1, 0.15) is 35.3 Å². The topological polar surface area (TPSA) is 63.1 Å². The van der Waals surface area contributed by atoms with Gasteiger partial charge in [-0.15, -0.1) is 0 Å². The number of aliphatic imine (C=N–C) groups is 1. The van der Waals surface area contributed by atoms with Crippen molar-refractivity contribution in [2.75, 3.05) is 14.2 Å². The molecule has 0 fully saturated rings. The van der Waals surface area contributed by atoms with Crippen LogP contribution < -0.4 is 14.8 Å². The maximum atomic E-state index is 10.7. The molecule has 5 nitrogen and oxygen atoms in total. The monoisotopic (exact) mass is 456 g/mol. The van der Waals surface area contributed by atoms with Crippen LogP contribution >= 0.6 is 23.2 Å². The summed E-state index contributed by atoms with van der Waals surface area (Å²) in [5.41, 5.74) is 3.41. The number of phenols is 1. The zero-order valence-corrected chi connectivity index (χ0v) is 18.6. The van der Waals surface area contributed by atoms with Gasteiger partial charge in [0.05, 0.1) is 14.2 Å². The van der Waals surface area contributed by atoms with Gasteiger partial charge in [0.25, 0.3) is 0 Å². The molecule has 3 aromatic carbocycles. The summed E-state index contributed by atoms with van der Waals surface area (Å²) in [6, 6.07) is 18.4. The number of methoxy groups -OCH3 is 2. The van der Waals surface area contributed by atoms with Crippen LogP contribution in [-0.4, -0.2) is 25.0 Å². The molecule has 31 heavy (non-hydrogen) atoms. The van der Waals surface area contributed by atoms with E-state index in [4.69, 9.17) is 37.7 Å².